The van der Waals surface area contributed by atoms with E-state index in [2.05, 4.69) is 15.4 Å². The number of carbonyl (C=O) groups is 1. The third-order valence-corrected chi connectivity index (χ3v) is 3.97. The van der Waals surface area contributed by atoms with Crippen LogP contribution in [0.1, 0.15) is 10.4 Å². The van der Waals surface area contributed by atoms with Crippen LogP contribution in [-0.2, 0) is 7.05 Å². The lowest BCUT2D eigenvalue weighted by Crippen LogP contribution is -2.13. The van der Waals surface area contributed by atoms with Crippen molar-refractivity contribution in [3.63, 3.8) is 0 Å². The van der Waals surface area contributed by atoms with Gasteiger partial charge in [-0.15, -0.1) is 0 Å². The predicted octanol–water partition coefficient (Wildman–Crippen LogP) is 2.52. The van der Waals surface area contributed by atoms with E-state index in [9.17, 15) is 4.79 Å². The number of nitrogens with two attached hydrogens (primary N) is 1. The fourth-order valence-corrected chi connectivity index (χ4v) is 2.88. The van der Waals surface area contributed by atoms with Crippen LogP contribution in [0, 0.1) is 0 Å². The van der Waals surface area contributed by atoms with Gasteiger partial charge in [0.2, 0.25) is 0 Å². The molecule has 2 heterocycles. The number of rotatable bonds is 2. The van der Waals surface area contributed by atoms with E-state index in [1.54, 1.807) is 13.1 Å². The topological polar surface area (TPSA) is 85.8 Å². The molecule has 0 unspecified atom stereocenters. The molecule has 1 aromatic carbocycles. The third-order valence-electron chi connectivity index (χ3n) is 2.80. The van der Waals surface area contributed by atoms with Crippen LogP contribution < -0.4 is 11.1 Å². The number of nitrogen functional groups attached to an aromatic ring is 1. The van der Waals surface area contributed by atoms with Gasteiger partial charge >= 0.3 is 0 Å². The Morgan fingerprint density at radius 2 is 2.30 bits per heavy atom. The predicted molar refractivity (Wildman–Crippen MR) is 80.2 cm³/mol. The highest BCUT2D eigenvalue weighted by Crippen LogP contribution is 2.28. The zero-order chi connectivity index (χ0) is 14.3. The highest BCUT2D eigenvalue weighted by molar-refractivity contribution is 7.22. The molecule has 0 bridgehead atoms. The largest absolute Gasteiger partial charge is 0.383 e. The average molecular weight is 308 g/mol. The minimum absolute atomic E-state index is 0.312. The molecule has 0 saturated carbocycles. The van der Waals surface area contributed by atoms with E-state index in [0.29, 0.717) is 21.5 Å². The zero-order valence-corrected chi connectivity index (χ0v) is 12.0. The van der Waals surface area contributed by atoms with Crippen molar-refractivity contribution in [2.45, 2.75) is 0 Å². The molecule has 3 rings (SSSR count). The number of fused-ring (bicyclic) bond motifs is 1. The summed E-state index contributed by atoms with van der Waals surface area (Å²) in [5, 5.41) is 7.77. The first-order valence-electron chi connectivity index (χ1n) is 5.69. The summed E-state index contributed by atoms with van der Waals surface area (Å²) in [4.78, 5) is 16.4. The van der Waals surface area contributed by atoms with Gasteiger partial charge in [0.25, 0.3) is 5.91 Å². The number of benzene rings is 1. The molecule has 1 amide bonds. The molecule has 20 heavy (non-hydrogen) atoms. The molecule has 0 aliphatic rings. The number of aryl methyl sites for hydroxylation is 1. The Balaban J connectivity index is 1.89. The number of anilines is 2. The molecule has 0 spiro atoms. The second-order valence-electron chi connectivity index (χ2n) is 4.15. The van der Waals surface area contributed by atoms with Crippen molar-refractivity contribution in [3.8, 4) is 0 Å². The van der Waals surface area contributed by atoms with E-state index < -0.39 is 0 Å². The molecule has 3 aromatic rings. The minimum atomic E-state index is -0.333. The van der Waals surface area contributed by atoms with E-state index in [0.717, 1.165) is 10.2 Å². The lowest BCUT2D eigenvalue weighted by Gasteiger charge is -2.00. The maximum atomic E-state index is 12.1. The first kappa shape index (κ1) is 12.9. The summed E-state index contributed by atoms with van der Waals surface area (Å²) in [5.41, 5.74) is 6.87. The zero-order valence-electron chi connectivity index (χ0n) is 10.4. The lowest BCUT2D eigenvalue weighted by atomic mass is 10.3. The number of hydrogen-bond donors (Lipinski definition) is 2. The number of amides is 1. The highest BCUT2D eigenvalue weighted by atomic mass is 35.5. The standard InChI is InChI=1S/C12H10ClN5OS/c1-18-10(14)7(5-15-18)11(19)17-12-16-8-3-2-6(13)4-9(8)20-12/h2-5H,14H2,1H3,(H,16,17,19). The van der Waals surface area contributed by atoms with Gasteiger partial charge in [-0.05, 0) is 18.2 Å². The Hall–Kier alpha value is -2.12. The van der Waals surface area contributed by atoms with Gasteiger partial charge in [0, 0.05) is 12.1 Å². The summed E-state index contributed by atoms with van der Waals surface area (Å²) >= 11 is 7.27. The highest BCUT2D eigenvalue weighted by Gasteiger charge is 2.15. The SMILES string of the molecule is Cn1ncc(C(=O)Nc2nc3ccc(Cl)cc3s2)c1N. The summed E-state index contributed by atoms with van der Waals surface area (Å²) < 4.78 is 2.35. The Morgan fingerprint density at radius 3 is 3.00 bits per heavy atom. The van der Waals surface area contributed by atoms with E-state index >= 15 is 0 Å². The maximum Gasteiger partial charge on any atom is 0.262 e. The molecule has 0 atom stereocenters. The summed E-state index contributed by atoms with van der Waals surface area (Å²) in [6, 6.07) is 5.37. The van der Waals surface area contributed by atoms with Crippen molar-refractivity contribution in [2.75, 3.05) is 11.1 Å². The molecule has 6 nitrogen and oxygen atoms in total. The summed E-state index contributed by atoms with van der Waals surface area (Å²) in [5.74, 6) is -0.0209. The van der Waals surface area contributed by atoms with Crippen LogP contribution >= 0.6 is 22.9 Å². The molecule has 102 valence electrons. The molecule has 0 fully saturated rings. The van der Waals surface area contributed by atoms with E-state index in [1.807, 2.05) is 12.1 Å². The molecular weight excluding hydrogens is 298 g/mol. The lowest BCUT2D eigenvalue weighted by molar-refractivity contribution is 0.102. The van der Waals surface area contributed by atoms with Gasteiger partial charge in [0.1, 0.15) is 11.4 Å². The molecule has 0 radical (unpaired) electrons. The fourth-order valence-electron chi connectivity index (χ4n) is 1.74. The van der Waals surface area contributed by atoms with Gasteiger partial charge in [-0.1, -0.05) is 22.9 Å². The molecular formula is C12H10ClN5OS. The molecule has 0 aliphatic heterocycles. The van der Waals surface area contributed by atoms with Gasteiger partial charge < -0.3 is 5.73 Å². The molecule has 2 aromatic heterocycles. The van der Waals surface area contributed by atoms with Crippen molar-refractivity contribution < 1.29 is 4.79 Å². The first-order chi connectivity index (χ1) is 9.54. The number of nitrogens with one attached hydrogen (secondary N) is 1. The van der Waals surface area contributed by atoms with E-state index in [-0.39, 0.29) is 5.91 Å². The van der Waals surface area contributed by atoms with Gasteiger partial charge in [0.15, 0.2) is 5.13 Å². The Morgan fingerprint density at radius 1 is 1.50 bits per heavy atom. The minimum Gasteiger partial charge on any atom is -0.383 e. The second-order valence-corrected chi connectivity index (χ2v) is 5.62. The Bertz CT molecular complexity index is 809. The van der Waals surface area contributed by atoms with Crippen LogP contribution in [0.5, 0.6) is 0 Å². The normalized spacial score (nSPS) is 10.9. The van der Waals surface area contributed by atoms with Gasteiger partial charge in [0.05, 0.1) is 16.4 Å². The van der Waals surface area contributed by atoms with Crippen molar-refractivity contribution in [3.05, 3.63) is 35.0 Å². The monoisotopic (exact) mass is 307 g/mol. The van der Waals surface area contributed by atoms with Crippen molar-refractivity contribution >= 4 is 50.0 Å². The maximum absolute atomic E-state index is 12.1. The number of thiazole rings is 1. The number of carbonyl (C=O) groups excluding carboxylic acids is 1. The van der Waals surface area contributed by atoms with Crippen LogP contribution in [0.15, 0.2) is 24.4 Å². The van der Waals surface area contributed by atoms with Crippen LogP contribution in [0.2, 0.25) is 5.02 Å². The molecule has 8 heteroatoms. The van der Waals surface area contributed by atoms with Crippen LogP contribution in [0.25, 0.3) is 10.2 Å². The Kier molecular flexibility index (Phi) is 3.07. The van der Waals surface area contributed by atoms with Gasteiger partial charge in [-0.2, -0.15) is 5.10 Å². The molecule has 0 saturated heterocycles. The average Bonchev–Trinajstić information content (AvgIpc) is 2.93. The number of halogens is 1. The number of hydrogen-bond acceptors (Lipinski definition) is 5. The molecule has 0 aliphatic carbocycles. The smallest absolute Gasteiger partial charge is 0.262 e. The van der Waals surface area contributed by atoms with E-state index in [1.165, 1.54) is 22.2 Å². The fraction of sp³-hybridized carbons (Fsp3) is 0.0833. The van der Waals surface area contributed by atoms with Crippen molar-refractivity contribution in [2.24, 2.45) is 7.05 Å². The second kappa shape index (κ2) is 4.77. The number of aromatic nitrogens is 3. The summed E-state index contributed by atoms with van der Waals surface area (Å²) in [7, 11) is 1.67. The quantitative estimate of drug-likeness (QED) is 0.761. The van der Waals surface area contributed by atoms with Crippen LogP contribution in [0.3, 0.4) is 0 Å². The van der Waals surface area contributed by atoms with Crippen molar-refractivity contribution in [1.29, 1.82) is 0 Å². The summed E-state index contributed by atoms with van der Waals surface area (Å²) in [6.07, 6.45) is 1.43. The molecule has 3 N–H and O–H groups in total. The summed E-state index contributed by atoms with van der Waals surface area (Å²) in [6.45, 7) is 0. The van der Waals surface area contributed by atoms with Crippen molar-refractivity contribution in [1.82, 2.24) is 14.8 Å². The van der Waals surface area contributed by atoms with Crippen LogP contribution in [0.4, 0.5) is 10.9 Å². The van der Waals surface area contributed by atoms with E-state index in [4.69, 9.17) is 17.3 Å². The Labute approximate surface area is 123 Å². The van der Waals surface area contributed by atoms with Gasteiger partial charge in [-0.3, -0.25) is 14.8 Å². The third kappa shape index (κ3) is 2.21. The number of nitrogens with zero attached hydrogens (tertiary/aromatic N) is 3. The first-order valence-corrected chi connectivity index (χ1v) is 6.89. The van der Waals surface area contributed by atoms with Gasteiger partial charge in [-0.25, -0.2) is 4.98 Å². The van der Waals surface area contributed by atoms with Crippen LogP contribution in [-0.4, -0.2) is 20.7 Å².